The van der Waals surface area contributed by atoms with Gasteiger partial charge in [-0.1, -0.05) is 50.2 Å². The summed E-state index contributed by atoms with van der Waals surface area (Å²) >= 11 is 0. The van der Waals surface area contributed by atoms with Crippen LogP contribution in [0.1, 0.15) is 37.3 Å². The molecule has 9 nitrogen and oxygen atoms in total. The highest BCUT2D eigenvalue weighted by Gasteiger charge is 2.37. The van der Waals surface area contributed by atoms with Gasteiger partial charge in [0.05, 0.1) is 7.11 Å². The number of hydrogen-bond acceptors (Lipinski definition) is 6. The summed E-state index contributed by atoms with van der Waals surface area (Å²) in [6.07, 6.45) is 0.720. The molecule has 1 amide bonds. The Balaban J connectivity index is 2.35. The molecule has 0 spiro atoms. The lowest BCUT2D eigenvalue weighted by molar-refractivity contribution is -0.144. The lowest BCUT2D eigenvalue weighted by Crippen LogP contribution is -2.54. The highest BCUT2D eigenvalue weighted by atomic mass is 16.5. The van der Waals surface area contributed by atoms with Crippen LogP contribution in [0.2, 0.25) is 0 Å². The summed E-state index contributed by atoms with van der Waals surface area (Å²) in [5.74, 6) is -4.46. The first-order chi connectivity index (χ1) is 16.1. The third-order valence-corrected chi connectivity index (χ3v) is 5.43. The number of hydrogen-bond donors (Lipinski definition) is 5. The Morgan fingerprint density at radius 2 is 1.68 bits per heavy atom. The average molecular weight is 473 g/mol. The summed E-state index contributed by atoms with van der Waals surface area (Å²) in [6, 6.07) is 10.4. The molecule has 0 heterocycles. The minimum atomic E-state index is -1.38. The summed E-state index contributed by atoms with van der Waals surface area (Å²) in [7, 11) is 1.37. The summed E-state index contributed by atoms with van der Waals surface area (Å²) in [5.41, 5.74) is 0.896. The van der Waals surface area contributed by atoms with Gasteiger partial charge < -0.3 is 30.7 Å². The quantitative estimate of drug-likeness (QED) is 0.299. The van der Waals surface area contributed by atoms with Crippen LogP contribution in [0.3, 0.4) is 0 Å². The van der Waals surface area contributed by atoms with Gasteiger partial charge in [-0.3, -0.25) is 9.59 Å². The van der Waals surface area contributed by atoms with Crippen LogP contribution >= 0.6 is 0 Å². The van der Waals surface area contributed by atoms with E-state index in [1.54, 1.807) is 30.3 Å². The van der Waals surface area contributed by atoms with Crippen molar-refractivity contribution in [3.8, 4) is 11.5 Å². The Bertz CT molecular complexity index is 978. The third-order valence-electron chi connectivity index (χ3n) is 5.43. The van der Waals surface area contributed by atoms with Gasteiger partial charge in [0.1, 0.15) is 18.0 Å². The molecule has 0 bridgehead atoms. The summed E-state index contributed by atoms with van der Waals surface area (Å²) in [6.45, 7) is 4.33. The van der Waals surface area contributed by atoms with Gasteiger partial charge in [-0.25, -0.2) is 4.79 Å². The second-order valence-corrected chi connectivity index (χ2v) is 8.45. The van der Waals surface area contributed by atoms with Gasteiger partial charge in [0.2, 0.25) is 5.91 Å². The lowest BCUT2D eigenvalue weighted by atomic mass is 9.89. The monoisotopic (exact) mass is 472 g/mol. The molecule has 34 heavy (non-hydrogen) atoms. The van der Waals surface area contributed by atoms with Crippen LogP contribution in [0.5, 0.6) is 11.5 Å². The maximum absolute atomic E-state index is 13.3. The number of aliphatic carboxylic acids is 2. The molecule has 5 N–H and O–H groups in total. The van der Waals surface area contributed by atoms with E-state index in [9.17, 15) is 29.7 Å². The summed E-state index contributed by atoms with van der Waals surface area (Å²) in [4.78, 5) is 37.4. The Labute approximate surface area is 198 Å². The Hall–Kier alpha value is -3.59. The van der Waals surface area contributed by atoms with E-state index in [1.807, 2.05) is 13.8 Å². The standard InChI is InChI=1S/C25H32N2O7/c1-15(2)11-12-26-22(21(25(32)33)17-9-10-20(34-3)19(28)14-17)23(29)27-18(24(30)31)13-16-7-5-4-6-8-16/h4-10,14-15,18,21-22,26,28H,11-13H2,1-3H3,(H,27,29)(H,30,31)(H,32,33)/t18-,21?,22-/m0/s1. The first-order valence-electron chi connectivity index (χ1n) is 11.0. The smallest absolute Gasteiger partial charge is 0.326 e. The number of nitrogens with one attached hydrogen (secondary N) is 2. The number of aromatic hydroxyl groups is 1. The number of carboxylic acids is 2. The van der Waals surface area contributed by atoms with Crippen molar-refractivity contribution in [3.63, 3.8) is 0 Å². The number of amides is 1. The highest BCUT2D eigenvalue weighted by Crippen LogP contribution is 2.31. The molecule has 2 aromatic carbocycles. The van der Waals surface area contributed by atoms with Crippen LogP contribution in [0, 0.1) is 5.92 Å². The molecule has 2 aromatic rings. The van der Waals surface area contributed by atoms with Crippen molar-refractivity contribution in [2.24, 2.45) is 5.92 Å². The normalized spacial score (nSPS) is 13.6. The molecule has 0 aromatic heterocycles. The minimum Gasteiger partial charge on any atom is -0.504 e. The predicted octanol–water partition coefficient (Wildman–Crippen LogP) is 2.39. The molecule has 9 heteroatoms. The van der Waals surface area contributed by atoms with Crippen LogP contribution in [0.25, 0.3) is 0 Å². The van der Waals surface area contributed by atoms with Crippen molar-refractivity contribution in [2.45, 2.75) is 44.7 Å². The summed E-state index contributed by atoms with van der Waals surface area (Å²) < 4.78 is 5.02. The number of carbonyl (C=O) groups is 3. The zero-order chi connectivity index (χ0) is 25.3. The predicted molar refractivity (Wildman–Crippen MR) is 126 cm³/mol. The Kier molecular flexibility index (Phi) is 9.88. The Morgan fingerprint density at radius 3 is 2.21 bits per heavy atom. The Morgan fingerprint density at radius 1 is 1.00 bits per heavy atom. The van der Waals surface area contributed by atoms with Crippen molar-refractivity contribution in [1.82, 2.24) is 10.6 Å². The van der Waals surface area contributed by atoms with Crippen molar-refractivity contribution in [3.05, 3.63) is 59.7 Å². The van der Waals surface area contributed by atoms with E-state index in [4.69, 9.17) is 4.74 Å². The number of phenolic OH excluding ortho intramolecular Hbond substituents is 1. The van der Waals surface area contributed by atoms with Gasteiger partial charge in [0.15, 0.2) is 11.5 Å². The van der Waals surface area contributed by atoms with Gasteiger partial charge in [-0.2, -0.15) is 0 Å². The number of rotatable bonds is 13. The van der Waals surface area contributed by atoms with Crippen LogP contribution < -0.4 is 15.4 Å². The van der Waals surface area contributed by atoms with Crippen molar-refractivity contribution < 1.29 is 34.4 Å². The van der Waals surface area contributed by atoms with E-state index in [1.165, 1.54) is 25.3 Å². The second kappa shape index (κ2) is 12.6. The molecule has 0 fully saturated rings. The topological polar surface area (TPSA) is 145 Å². The molecule has 0 radical (unpaired) electrons. The SMILES string of the molecule is COc1ccc(C(C(=O)O)[C@H](NCCC(C)C)C(=O)N[C@@H](Cc2ccccc2)C(=O)O)cc1O. The van der Waals surface area contributed by atoms with Crippen molar-refractivity contribution in [1.29, 1.82) is 0 Å². The van der Waals surface area contributed by atoms with Crippen molar-refractivity contribution >= 4 is 17.8 Å². The molecule has 0 saturated heterocycles. The average Bonchev–Trinajstić information content (AvgIpc) is 2.78. The third kappa shape index (κ3) is 7.48. The van der Waals surface area contributed by atoms with E-state index in [2.05, 4.69) is 10.6 Å². The molecule has 0 aliphatic heterocycles. The number of carbonyl (C=O) groups excluding carboxylic acids is 1. The molecule has 0 aliphatic carbocycles. The molecule has 1 unspecified atom stereocenters. The van der Waals surface area contributed by atoms with Gasteiger partial charge in [-0.15, -0.1) is 0 Å². The number of ether oxygens (including phenoxy) is 1. The number of methoxy groups -OCH3 is 1. The van der Waals surface area contributed by atoms with E-state index >= 15 is 0 Å². The molecule has 3 atom stereocenters. The van der Waals surface area contributed by atoms with Gasteiger partial charge in [-0.05, 0) is 42.1 Å². The van der Waals surface area contributed by atoms with Crippen LogP contribution in [0.4, 0.5) is 0 Å². The van der Waals surface area contributed by atoms with Gasteiger partial charge >= 0.3 is 11.9 Å². The summed E-state index contributed by atoms with van der Waals surface area (Å²) in [5, 5.41) is 35.3. The lowest BCUT2D eigenvalue weighted by Gasteiger charge is -2.27. The van der Waals surface area contributed by atoms with E-state index < -0.39 is 35.8 Å². The molecular weight excluding hydrogens is 440 g/mol. The van der Waals surface area contributed by atoms with E-state index in [-0.39, 0.29) is 23.5 Å². The first-order valence-corrected chi connectivity index (χ1v) is 11.0. The number of phenols is 1. The maximum atomic E-state index is 13.3. The fourth-order valence-electron chi connectivity index (χ4n) is 3.58. The second-order valence-electron chi connectivity index (χ2n) is 8.45. The highest BCUT2D eigenvalue weighted by molar-refractivity contribution is 5.93. The minimum absolute atomic E-state index is 0.0433. The van der Waals surface area contributed by atoms with Gasteiger partial charge in [0, 0.05) is 6.42 Å². The fourth-order valence-corrected chi connectivity index (χ4v) is 3.58. The maximum Gasteiger partial charge on any atom is 0.326 e. The molecule has 0 aliphatic rings. The van der Waals surface area contributed by atoms with Crippen LogP contribution in [-0.4, -0.2) is 58.9 Å². The van der Waals surface area contributed by atoms with Crippen LogP contribution in [-0.2, 0) is 20.8 Å². The van der Waals surface area contributed by atoms with Crippen molar-refractivity contribution in [2.75, 3.05) is 13.7 Å². The molecule has 184 valence electrons. The van der Waals surface area contributed by atoms with Crippen LogP contribution in [0.15, 0.2) is 48.5 Å². The zero-order valence-corrected chi connectivity index (χ0v) is 19.5. The molecular formula is C25H32N2O7. The first kappa shape index (κ1) is 26.7. The van der Waals surface area contributed by atoms with E-state index in [0.29, 0.717) is 18.9 Å². The van der Waals surface area contributed by atoms with E-state index in [0.717, 1.165) is 5.56 Å². The van der Waals surface area contributed by atoms with Gasteiger partial charge in [0.25, 0.3) is 0 Å². The zero-order valence-electron chi connectivity index (χ0n) is 19.5. The number of benzene rings is 2. The fraction of sp³-hybridized carbons (Fsp3) is 0.400. The largest absolute Gasteiger partial charge is 0.504 e. The number of carboxylic acid groups (broad SMARTS) is 2. The molecule has 2 rings (SSSR count). The molecule has 0 saturated carbocycles.